The average molecular weight is 210 g/mol. The van der Waals surface area contributed by atoms with Crippen molar-refractivity contribution >= 4 is 7.60 Å². The van der Waals surface area contributed by atoms with Crippen molar-refractivity contribution in [1.29, 1.82) is 0 Å². The van der Waals surface area contributed by atoms with Gasteiger partial charge in [0.25, 0.3) is 0 Å². The monoisotopic (exact) mass is 210 g/mol. The van der Waals surface area contributed by atoms with E-state index in [9.17, 15) is 4.57 Å². The molecule has 4 nitrogen and oxygen atoms in total. The molecule has 0 saturated carbocycles. The Kier molecular flexibility index (Phi) is 4.60. The van der Waals surface area contributed by atoms with Crippen LogP contribution < -0.4 is 0 Å². The molecule has 0 aliphatic rings. The van der Waals surface area contributed by atoms with Gasteiger partial charge in [-0.3, -0.25) is 4.57 Å². The summed E-state index contributed by atoms with van der Waals surface area (Å²) in [4.78, 5) is 17.4. The van der Waals surface area contributed by atoms with Gasteiger partial charge in [-0.05, 0) is 0 Å². The number of hydrogen-bond donors (Lipinski definition) is 2. The van der Waals surface area contributed by atoms with E-state index in [-0.39, 0.29) is 6.16 Å². The second-order valence-electron chi connectivity index (χ2n) is 4.62. The van der Waals surface area contributed by atoms with E-state index in [1.807, 2.05) is 14.1 Å². The quantitative estimate of drug-likeness (QED) is 0.523. The summed E-state index contributed by atoms with van der Waals surface area (Å²) in [5, 5.41) is 0. The van der Waals surface area contributed by atoms with Gasteiger partial charge in [0.1, 0.15) is 0 Å². The van der Waals surface area contributed by atoms with Crippen LogP contribution in [0.2, 0.25) is 0 Å². The maximum Gasteiger partial charge on any atom is 0.331 e. The maximum absolute atomic E-state index is 10.6. The highest BCUT2D eigenvalue weighted by atomic mass is 31.2. The molecule has 0 heterocycles. The van der Waals surface area contributed by atoms with Gasteiger partial charge in [-0.2, -0.15) is 0 Å². The molecule has 0 aliphatic heterocycles. The Balaban J connectivity index is 3.96. The van der Waals surface area contributed by atoms with Crippen LogP contribution in [-0.2, 0) is 4.57 Å². The van der Waals surface area contributed by atoms with Gasteiger partial charge in [0.05, 0.1) is 33.3 Å². The maximum atomic E-state index is 10.6. The summed E-state index contributed by atoms with van der Waals surface area (Å²) in [5.41, 5.74) is 0. The molecule has 0 aromatic heterocycles. The van der Waals surface area contributed by atoms with Gasteiger partial charge in [0, 0.05) is 5.92 Å². The Morgan fingerprint density at radius 3 is 2.08 bits per heavy atom. The smallest absolute Gasteiger partial charge is 0.328 e. The molecule has 0 atom stereocenters. The van der Waals surface area contributed by atoms with Gasteiger partial charge in [-0.15, -0.1) is 0 Å². The predicted molar refractivity (Wildman–Crippen MR) is 53.6 cm³/mol. The highest BCUT2D eigenvalue weighted by Gasteiger charge is 2.22. The van der Waals surface area contributed by atoms with Crippen LogP contribution in [0, 0.1) is 5.92 Å². The molecule has 0 amide bonds. The van der Waals surface area contributed by atoms with E-state index < -0.39 is 7.60 Å². The fourth-order valence-electron chi connectivity index (χ4n) is 1.48. The van der Waals surface area contributed by atoms with Crippen molar-refractivity contribution in [2.24, 2.45) is 5.92 Å². The van der Waals surface area contributed by atoms with E-state index in [4.69, 9.17) is 9.79 Å². The van der Waals surface area contributed by atoms with Crippen LogP contribution in [0.5, 0.6) is 0 Å². The summed E-state index contributed by atoms with van der Waals surface area (Å²) < 4.78 is 11.3. The van der Waals surface area contributed by atoms with Crippen molar-refractivity contribution < 1.29 is 18.8 Å². The molecule has 0 unspecified atom stereocenters. The molecule has 0 fully saturated rings. The molecule has 0 bridgehead atoms. The van der Waals surface area contributed by atoms with Crippen molar-refractivity contribution in [3.8, 4) is 0 Å². The van der Waals surface area contributed by atoms with Crippen LogP contribution in [0.4, 0.5) is 0 Å². The van der Waals surface area contributed by atoms with Gasteiger partial charge in [-0.25, -0.2) is 0 Å². The molecule has 0 radical (unpaired) electrons. The van der Waals surface area contributed by atoms with E-state index in [0.29, 0.717) is 16.9 Å². The topological polar surface area (TPSA) is 57.5 Å². The number of nitrogens with zero attached hydrogens (tertiary/aromatic N) is 1. The normalized spacial score (nSPS) is 13.8. The van der Waals surface area contributed by atoms with Gasteiger partial charge < -0.3 is 14.3 Å². The Hall–Kier alpha value is 0.110. The lowest BCUT2D eigenvalue weighted by Gasteiger charge is -2.31. The second-order valence-corrected chi connectivity index (χ2v) is 6.40. The van der Waals surface area contributed by atoms with Crippen LogP contribution >= 0.6 is 7.60 Å². The summed E-state index contributed by atoms with van der Waals surface area (Å²) in [6.45, 7) is 5.69. The molecule has 0 aromatic carbocycles. The number of quaternary nitrogens is 1. The fourth-order valence-corrected chi connectivity index (χ4v) is 2.28. The molecule has 0 saturated heterocycles. The van der Waals surface area contributed by atoms with Crippen molar-refractivity contribution in [2.45, 2.75) is 13.8 Å². The van der Waals surface area contributed by atoms with E-state index >= 15 is 0 Å². The van der Waals surface area contributed by atoms with E-state index in [1.54, 1.807) is 0 Å². The highest BCUT2D eigenvalue weighted by Crippen LogP contribution is 2.34. The summed E-state index contributed by atoms with van der Waals surface area (Å²) in [6, 6.07) is 0. The molecule has 0 aliphatic carbocycles. The molecule has 13 heavy (non-hydrogen) atoms. The summed E-state index contributed by atoms with van der Waals surface area (Å²) in [7, 11) is 0.170. The molecule has 0 spiro atoms. The third-order valence-electron chi connectivity index (χ3n) is 1.86. The Bertz CT molecular complexity index is 198. The molecule has 5 heteroatoms. The minimum absolute atomic E-state index is 0.0211. The van der Waals surface area contributed by atoms with Gasteiger partial charge in [-0.1, -0.05) is 13.8 Å². The Morgan fingerprint density at radius 1 is 1.31 bits per heavy atom. The summed E-state index contributed by atoms with van der Waals surface area (Å²) in [5.74, 6) is 0.548. The third-order valence-corrected chi connectivity index (χ3v) is 2.64. The lowest BCUT2D eigenvalue weighted by molar-refractivity contribution is -0.890. The zero-order valence-electron chi connectivity index (χ0n) is 8.90. The van der Waals surface area contributed by atoms with Crippen LogP contribution in [0.1, 0.15) is 13.8 Å². The largest absolute Gasteiger partial charge is 0.331 e. The first-order valence-electron chi connectivity index (χ1n) is 4.49. The lowest BCUT2D eigenvalue weighted by atomic mass is 10.2. The van der Waals surface area contributed by atoms with Crippen LogP contribution in [0.25, 0.3) is 0 Å². The van der Waals surface area contributed by atoms with Crippen LogP contribution in [0.15, 0.2) is 0 Å². The van der Waals surface area contributed by atoms with Gasteiger partial charge >= 0.3 is 7.60 Å². The first-order chi connectivity index (χ1) is 5.62. The fraction of sp³-hybridized carbons (Fsp3) is 1.00. The predicted octanol–water partition coefficient (Wildman–Crippen LogP) is 0.896. The molecule has 0 rings (SSSR count). The van der Waals surface area contributed by atoms with Gasteiger partial charge in [0.2, 0.25) is 0 Å². The number of rotatable bonds is 5. The highest BCUT2D eigenvalue weighted by molar-refractivity contribution is 7.51. The summed E-state index contributed by atoms with van der Waals surface area (Å²) in [6.07, 6.45) is -0.0211. The van der Waals surface area contributed by atoms with Crippen molar-refractivity contribution in [3.63, 3.8) is 0 Å². The first kappa shape index (κ1) is 13.1. The first-order valence-corrected chi connectivity index (χ1v) is 6.29. The van der Waals surface area contributed by atoms with Crippen LogP contribution in [-0.4, -0.2) is 47.6 Å². The zero-order chi connectivity index (χ0) is 10.7. The standard InChI is InChI=1S/C8H20NO3P/c1-8(2)7-9(3,4)5-6-13(10,11)12/h8H,5-7H2,1-4H3,(H-,10,11,12)/p+1. The number of hydrogen-bond acceptors (Lipinski definition) is 1. The van der Waals surface area contributed by atoms with E-state index in [0.717, 1.165) is 6.54 Å². The van der Waals surface area contributed by atoms with Crippen molar-refractivity contribution in [2.75, 3.05) is 33.3 Å². The molecule has 2 N–H and O–H groups in total. The zero-order valence-corrected chi connectivity index (χ0v) is 9.79. The van der Waals surface area contributed by atoms with Crippen molar-refractivity contribution in [1.82, 2.24) is 0 Å². The van der Waals surface area contributed by atoms with Crippen LogP contribution in [0.3, 0.4) is 0 Å². The average Bonchev–Trinajstić information content (AvgIpc) is 1.79. The van der Waals surface area contributed by atoms with E-state index in [1.165, 1.54) is 0 Å². The lowest BCUT2D eigenvalue weighted by Crippen LogP contribution is -2.44. The minimum atomic E-state index is -3.82. The molecule has 80 valence electrons. The van der Waals surface area contributed by atoms with E-state index in [2.05, 4.69) is 13.8 Å². The molecular formula is C8H21NO3P+. The minimum Gasteiger partial charge on any atom is -0.328 e. The second kappa shape index (κ2) is 4.56. The molecular weight excluding hydrogens is 189 g/mol. The Morgan fingerprint density at radius 2 is 1.77 bits per heavy atom. The van der Waals surface area contributed by atoms with Crippen molar-refractivity contribution in [3.05, 3.63) is 0 Å². The SMILES string of the molecule is CC(C)C[N+](C)(C)CCP(=O)(O)O. The molecule has 0 aromatic rings. The summed E-state index contributed by atoms with van der Waals surface area (Å²) >= 11 is 0. The third kappa shape index (κ3) is 8.44. The van der Waals surface area contributed by atoms with Gasteiger partial charge in [0.15, 0.2) is 0 Å². The Labute approximate surface area is 80.3 Å².